The van der Waals surface area contributed by atoms with Gasteiger partial charge in [-0.05, 0) is 25.5 Å². The molecule has 0 aliphatic heterocycles. The molecule has 0 spiro atoms. The number of aromatic nitrogens is 3. The van der Waals surface area contributed by atoms with Crippen molar-refractivity contribution < 1.29 is 4.74 Å². The molecule has 0 atom stereocenters. The molecule has 21 heavy (non-hydrogen) atoms. The third-order valence-corrected chi connectivity index (χ3v) is 3.77. The molecule has 2 N–H and O–H groups in total. The molecule has 1 aromatic heterocycles. The number of ether oxygens (including phenoxy) is 1. The van der Waals surface area contributed by atoms with Crippen molar-refractivity contribution in [2.75, 3.05) is 18.3 Å². The fraction of sp³-hybridized carbons (Fsp3) is 0.357. The number of H-pyrrole nitrogens is 1. The summed E-state index contributed by atoms with van der Waals surface area (Å²) in [6.07, 6.45) is 1.09. The van der Waals surface area contributed by atoms with Crippen LogP contribution in [0.25, 0.3) is 0 Å². The second-order valence-corrected chi connectivity index (χ2v) is 5.42. The van der Waals surface area contributed by atoms with Crippen LogP contribution in [0.1, 0.15) is 25.8 Å². The highest BCUT2D eigenvalue weighted by Gasteiger charge is 2.03. The van der Waals surface area contributed by atoms with Crippen molar-refractivity contribution in [1.29, 1.82) is 0 Å². The van der Waals surface area contributed by atoms with E-state index in [0.29, 0.717) is 5.95 Å². The number of nitrogens with zero attached hydrogens (tertiary/aromatic N) is 3. The van der Waals surface area contributed by atoms with Gasteiger partial charge in [0.05, 0.1) is 12.8 Å². The number of rotatable bonds is 7. The summed E-state index contributed by atoms with van der Waals surface area (Å²) in [7, 11) is 1.65. The van der Waals surface area contributed by atoms with Gasteiger partial charge in [0.25, 0.3) is 0 Å². The Labute approximate surface area is 128 Å². The summed E-state index contributed by atoms with van der Waals surface area (Å²) >= 11 is 1.62. The molecule has 6 nitrogen and oxygen atoms in total. The van der Waals surface area contributed by atoms with E-state index in [1.165, 1.54) is 0 Å². The fourth-order valence-corrected chi connectivity index (χ4v) is 2.26. The molecule has 0 aliphatic rings. The largest absolute Gasteiger partial charge is 0.497 e. The number of hydrogen-bond acceptors (Lipinski definition) is 6. The maximum absolute atomic E-state index is 5.20. The van der Waals surface area contributed by atoms with Crippen molar-refractivity contribution in [2.24, 2.45) is 5.10 Å². The number of benzene rings is 1. The average molecular weight is 305 g/mol. The molecule has 2 aromatic rings. The van der Waals surface area contributed by atoms with E-state index >= 15 is 0 Å². The predicted molar refractivity (Wildman–Crippen MR) is 86.2 cm³/mol. The summed E-state index contributed by atoms with van der Waals surface area (Å²) in [5.41, 5.74) is 4.71. The molecule has 0 amide bonds. The summed E-state index contributed by atoms with van der Waals surface area (Å²) in [5.74, 6) is 2.35. The summed E-state index contributed by atoms with van der Waals surface area (Å²) in [4.78, 5) is 4.30. The first-order chi connectivity index (χ1) is 10.2. The molecule has 1 aromatic carbocycles. The molecular weight excluding hydrogens is 286 g/mol. The van der Waals surface area contributed by atoms with E-state index in [1.807, 2.05) is 31.2 Å². The molecule has 7 heteroatoms. The Morgan fingerprint density at radius 1 is 1.48 bits per heavy atom. The van der Waals surface area contributed by atoms with E-state index in [-0.39, 0.29) is 0 Å². The lowest BCUT2D eigenvalue weighted by Gasteiger charge is -2.04. The molecule has 0 unspecified atom stereocenters. The summed E-state index contributed by atoms with van der Waals surface area (Å²) in [5, 5.41) is 12.0. The minimum Gasteiger partial charge on any atom is -0.497 e. The lowest BCUT2D eigenvalue weighted by Crippen LogP contribution is -2.01. The smallest absolute Gasteiger partial charge is 0.240 e. The molecule has 0 aliphatic carbocycles. The Hall–Kier alpha value is -2.02. The van der Waals surface area contributed by atoms with Crippen LogP contribution in [0.15, 0.2) is 34.5 Å². The van der Waals surface area contributed by atoms with Gasteiger partial charge >= 0.3 is 0 Å². The zero-order valence-electron chi connectivity index (χ0n) is 12.4. The molecular formula is C14H19N5OS. The normalized spacial score (nSPS) is 11.5. The Bertz CT molecular complexity index is 611. The Morgan fingerprint density at radius 2 is 2.33 bits per heavy atom. The zero-order chi connectivity index (χ0) is 15.1. The molecule has 0 radical (unpaired) electrons. The summed E-state index contributed by atoms with van der Waals surface area (Å²) in [6, 6.07) is 7.74. The molecule has 1 heterocycles. The number of nitrogens with one attached hydrogen (secondary N) is 2. The van der Waals surface area contributed by atoms with Gasteiger partial charge in [-0.2, -0.15) is 10.1 Å². The molecule has 0 saturated carbocycles. The highest BCUT2D eigenvalue weighted by atomic mass is 32.2. The van der Waals surface area contributed by atoms with Crippen LogP contribution < -0.4 is 10.2 Å². The number of hydrazone groups is 1. The topological polar surface area (TPSA) is 75.2 Å². The van der Waals surface area contributed by atoms with Gasteiger partial charge in [0.1, 0.15) is 5.75 Å². The number of hydrogen-bond donors (Lipinski definition) is 2. The van der Waals surface area contributed by atoms with Crippen LogP contribution in [-0.4, -0.2) is 33.8 Å². The maximum atomic E-state index is 5.20. The van der Waals surface area contributed by atoms with Crippen LogP contribution in [0.5, 0.6) is 5.75 Å². The predicted octanol–water partition coefficient (Wildman–Crippen LogP) is 3.15. The van der Waals surface area contributed by atoms with Crippen molar-refractivity contribution >= 4 is 23.4 Å². The Kier molecular flexibility index (Phi) is 5.62. The molecule has 112 valence electrons. The van der Waals surface area contributed by atoms with E-state index in [4.69, 9.17) is 4.74 Å². The second-order valence-electron chi connectivity index (χ2n) is 4.36. The van der Waals surface area contributed by atoms with E-state index < -0.39 is 0 Å². The number of methoxy groups -OCH3 is 1. The van der Waals surface area contributed by atoms with Crippen LogP contribution in [0.2, 0.25) is 0 Å². The lowest BCUT2D eigenvalue weighted by atomic mass is 10.1. The van der Waals surface area contributed by atoms with Crippen molar-refractivity contribution in [3.63, 3.8) is 0 Å². The monoisotopic (exact) mass is 305 g/mol. The van der Waals surface area contributed by atoms with Gasteiger partial charge in [0.2, 0.25) is 11.1 Å². The average Bonchev–Trinajstić information content (AvgIpc) is 2.98. The zero-order valence-corrected chi connectivity index (χ0v) is 13.2. The quantitative estimate of drug-likeness (QED) is 0.467. The third kappa shape index (κ3) is 4.49. The van der Waals surface area contributed by atoms with E-state index in [2.05, 4.69) is 32.6 Å². The Balaban J connectivity index is 2.00. The van der Waals surface area contributed by atoms with Crippen LogP contribution in [0.3, 0.4) is 0 Å². The molecule has 0 bridgehead atoms. The fourth-order valence-electron chi connectivity index (χ4n) is 1.60. The highest BCUT2D eigenvalue weighted by Crippen LogP contribution is 2.15. The van der Waals surface area contributed by atoms with Crippen LogP contribution in [0.4, 0.5) is 5.95 Å². The molecule has 2 rings (SSSR count). The number of anilines is 1. The first-order valence-electron chi connectivity index (χ1n) is 6.73. The lowest BCUT2D eigenvalue weighted by molar-refractivity contribution is 0.414. The van der Waals surface area contributed by atoms with E-state index in [0.717, 1.165) is 34.4 Å². The number of thioether (sulfide) groups is 1. The summed E-state index contributed by atoms with van der Waals surface area (Å²) in [6.45, 7) is 4.05. The van der Waals surface area contributed by atoms with Gasteiger partial charge < -0.3 is 4.74 Å². The van der Waals surface area contributed by atoms with Gasteiger partial charge in [-0.1, -0.05) is 30.8 Å². The van der Waals surface area contributed by atoms with Crippen molar-refractivity contribution in [3.8, 4) is 5.75 Å². The van der Waals surface area contributed by atoms with Crippen LogP contribution in [0, 0.1) is 0 Å². The van der Waals surface area contributed by atoms with Gasteiger partial charge in [0, 0.05) is 11.3 Å². The number of aromatic amines is 1. The first-order valence-corrected chi connectivity index (χ1v) is 7.71. The molecule has 0 fully saturated rings. The van der Waals surface area contributed by atoms with E-state index in [1.54, 1.807) is 18.9 Å². The minimum absolute atomic E-state index is 0.538. The summed E-state index contributed by atoms with van der Waals surface area (Å²) < 4.78 is 5.20. The first kappa shape index (κ1) is 15.4. The van der Waals surface area contributed by atoms with Crippen LogP contribution >= 0.6 is 11.8 Å². The third-order valence-electron chi connectivity index (χ3n) is 2.72. The minimum atomic E-state index is 0.538. The molecule has 0 saturated heterocycles. The SMILES string of the molecule is CCCSc1n[nH]c(N/N=C(\C)c2cccc(OC)c2)n1. The maximum Gasteiger partial charge on any atom is 0.240 e. The van der Waals surface area contributed by atoms with Crippen molar-refractivity contribution in [1.82, 2.24) is 15.2 Å². The van der Waals surface area contributed by atoms with Crippen molar-refractivity contribution in [2.45, 2.75) is 25.4 Å². The standard InChI is InChI=1S/C14H19N5OS/c1-4-8-21-14-15-13(18-19-14)17-16-10(2)11-6-5-7-12(9-11)20-3/h5-7,9H,4,8H2,1-3H3,(H2,15,17,18,19)/b16-10+. The van der Waals surface area contributed by atoms with Gasteiger partial charge in [0.15, 0.2) is 0 Å². The van der Waals surface area contributed by atoms with Gasteiger partial charge in [-0.25, -0.2) is 10.5 Å². The Morgan fingerprint density at radius 3 is 3.10 bits per heavy atom. The highest BCUT2D eigenvalue weighted by molar-refractivity contribution is 7.99. The second kappa shape index (κ2) is 7.68. The van der Waals surface area contributed by atoms with Crippen LogP contribution in [-0.2, 0) is 0 Å². The van der Waals surface area contributed by atoms with Crippen molar-refractivity contribution in [3.05, 3.63) is 29.8 Å². The van der Waals surface area contributed by atoms with E-state index in [9.17, 15) is 0 Å². The van der Waals surface area contributed by atoms with Gasteiger partial charge in [-0.3, -0.25) is 0 Å². The van der Waals surface area contributed by atoms with Gasteiger partial charge in [-0.15, -0.1) is 5.10 Å².